The monoisotopic (exact) mass is 283 g/mol. The van der Waals surface area contributed by atoms with Crippen LogP contribution >= 0.6 is 11.8 Å². The average molecular weight is 283 g/mol. The molecule has 3 aromatic rings. The third-order valence-electron chi connectivity index (χ3n) is 2.90. The van der Waals surface area contributed by atoms with Gasteiger partial charge in [-0.1, -0.05) is 24.3 Å². The van der Waals surface area contributed by atoms with Crippen molar-refractivity contribution in [2.75, 3.05) is 5.73 Å². The van der Waals surface area contributed by atoms with Gasteiger partial charge in [-0.2, -0.15) is 4.68 Å². The van der Waals surface area contributed by atoms with Crippen LogP contribution in [0.1, 0.15) is 5.56 Å². The van der Waals surface area contributed by atoms with Gasteiger partial charge in [0.05, 0.1) is 5.69 Å². The first-order chi connectivity index (χ1) is 9.74. The fourth-order valence-electron chi connectivity index (χ4n) is 1.76. The third kappa shape index (κ3) is 2.50. The van der Waals surface area contributed by atoms with Gasteiger partial charge in [0, 0.05) is 10.6 Å². The van der Waals surface area contributed by atoms with E-state index in [0.29, 0.717) is 5.16 Å². The van der Waals surface area contributed by atoms with Crippen molar-refractivity contribution in [3.05, 3.63) is 54.1 Å². The Labute approximate surface area is 120 Å². The number of nitrogens with zero attached hydrogens (tertiary/aromatic N) is 4. The second-order valence-corrected chi connectivity index (χ2v) is 5.37. The zero-order chi connectivity index (χ0) is 13.9. The lowest BCUT2D eigenvalue weighted by Crippen LogP contribution is -1.98. The molecule has 3 rings (SSSR count). The van der Waals surface area contributed by atoms with Crippen LogP contribution in [0.4, 0.5) is 5.69 Å². The number of tetrazole rings is 1. The van der Waals surface area contributed by atoms with E-state index < -0.39 is 0 Å². The van der Waals surface area contributed by atoms with Gasteiger partial charge in [0.25, 0.3) is 0 Å². The molecule has 0 atom stereocenters. The van der Waals surface area contributed by atoms with Crippen LogP contribution in [0.25, 0.3) is 5.69 Å². The van der Waals surface area contributed by atoms with E-state index in [-0.39, 0.29) is 0 Å². The van der Waals surface area contributed by atoms with Crippen LogP contribution in [0.15, 0.2) is 58.6 Å². The summed E-state index contributed by atoms with van der Waals surface area (Å²) < 4.78 is 1.71. The lowest BCUT2D eigenvalue weighted by atomic mass is 10.2. The molecule has 2 N–H and O–H groups in total. The highest BCUT2D eigenvalue weighted by Crippen LogP contribution is 2.29. The zero-order valence-electron chi connectivity index (χ0n) is 10.9. The zero-order valence-corrected chi connectivity index (χ0v) is 11.7. The minimum atomic E-state index is 0.708. The molecule has 0 aliphatic rings. The van der Waals surface area contributed by atoms with Gasteiger partial charge in [0.1, 0.15) is 0 Å². The predicted octanol–water partition coefficient (Wildman–Crippen LogP) is 2.70. The van der Waals surface area contributed by atoms with E-state index in [2.05, 4.69) is 15.5 Å². The Kier molecular flexibility index (Phi) is 3.39. The maximum Gasteiger partial charge on any atom is 0.218 e. The van der Waals surface area contributed by atoms with Crippen LogP contribution < -0.4 is 5.73 Å². The van der Waals surface area contributed by atoms with Crippen LogP contribution in [-0.2, 0) is 0 Å². The molecule has 2 aromatic carbocycles. The number of nitrogens with two attached hydrogens (primary N) is 1. The van der Waals surface area contributed by atoms with Crippen LogP contribution in [0.5, 0.6) is 0 Å². The lowest BCUT2D eigenvalue weighted by Gasteiger charge is -2.05. The number of aromatic nitrogens is 4. The highest BCUT2D eigenvalue weighted by Gasteiger charge is 2.10. The number of aryl methyl sites for hydroxylation is 1. The Bertz CT molecular complexity index is 723. The first-order valence-electron chi connectivity index (χ1n) is 6.12. The Morgan fingerprint density at radius 2 is 1.90 bits per heavy atom. The summed E-state index contributed by atoms with van der Waals surface area (Å²) in [6.07, 6.45) is 0. The van der Waals surface area contributed by atoms with E-state index in [1.807, 2.05) is 55.5 Å². The van der Waals surface area contributed by atoms with Crippen LogP contribution in [-0.4, -0.2) is 20.2 Å². The van der Waals surface area contributed by atoms with Crippen LogP contribution in [0.2, 0.25) is 0 Å². The number of hydrogen-bond donors (Lipinski definition) is 1. The molecule has 0 spiro atoms. The minimum absolute atomic E-state index is 0.708. The molecule has 0 aliphatic carbocycles. The maximum absolute atomic E-state index is 5.93. The van der Waals surface area contributed by atoms with Gasteiger partial charge >= 0.3 is 0 Å². The van der Waals surface area contributed by atoms with Crippen molar-refractivity contribution in [3.8, 4) is 5.69 Å². The SMILES string of the molecule is Cc1ccc(Sc2nnnn2-c2ccccc2)cc1N. The number of hydrogen-bond acceptors (Lipinski definition) is 5. The topological polar surface area (TPSA) is 69.6 Å². The molecule has 1 aromatic heterocycles. The van der Waals surface area contributed by atoms with Crippen LogP contribution in [0, 0.1) is 6.92 Å². The molecule has 0 unspecified atom stereocenters. The molecular formula is C14H13N5S. The Hall–Kier alpha value is -2.34. The molecular weight excluding hydrogens is 270 g/mol. The van der Waals surface area contributed by atoms with E-state index in [0.717, 1.165) is 21.8 Å². The number of anilines is 1. The number of nitrogen functional groups attached to an aromatic ring is 1. The molecule has 1 heterocycles. The molecule has 6 heteroatoms. The minimum Gasteiger partial charge on any atom is -0.398 e. The summed E-state index contributed by atoms with van der Waals surface area (Å²) >= 11 is 1.49. The Balaban J connectivity index is 1.92. The molecule has 0 radical (unpaired) electrons. The first kappa shape index (κ1) is 12.7. The lowest BCUT2D eigenvalue weighted by molar-refractivity contribution is 0.756. The van der Waals surface area contributed by atoms with E-state index in [4.69, 9.17) is 5.73 Å². The molecule has 0 fully saturated rings. The molecule has 0 saturated heterocycles. The first-order valence-corrected chi connectivity index (χ1v) is 6.93. The molecule has 0 aliphatic heterocycles. The van der Waals surface area contributed by atoms with Gasteiger partial charge in [0.15, 0.2) is 0 Å². The van der Waals surface area contributed by atoms with Gasteiger partial charge in [-0.05, 0) is 58.9 Å². The normalized spacial score (nSPS) is 10.7. The fraction of sp³-hybridized carbons (Fsp3) is 0.0714. The van der Waals surface area contributed by atoms with Crippen molar-refractivity contribution in [1.82, 2.24) is 20.2 Å². The molecule has 0 bridgehead atoms. The van der Waals surface area contributed by atoms with E-state index in [1.54, 1.807) is 4.68 Å². The van der Waals surface area contributed by atoms with Crippen molar-refractivity contribution in [1.29, 1.82) is 0 Å². The van der Waals surface area contributed by atoms with Gasteiger partial charge < -0.3 is 5.73 Å². The second-order valence-electron chi connectivity index (χ2n) is 4.33. The second kappa shape index (κ2) is 5.34. The summed E-state index contributed by atoms with van der Waals surface area (Å²) in [6, 6.07) is 15.7. The van der Waals surface area contributed by atoms with Crippen molar-refractivity contribution in [2.24, 2.45) is 0 Å². The van der Waals surface area contributed by atoms with Crippen molar-refractivity contribution < 1.29 is 0 Å². The highest BCUT2D eigenvalue weighted by molar-refractivity contribution is 7.99. The summed E-state index contributed by atoms with van der Waals surface area (Å²) in [5.74, 6) is 0. The van der Waals surface area contributed by atoms with Crippen LogP contribution in [0.3, 0.4) is 0 Å². The largest absolute Gasteiger partial charge is 0.398 e. The highest BCUT2D eigenvalue weighted by atomic mass is 32.2. The molecule has 0 saturated carbocycles. The van der Waals surface area contributed by atoms with Gasteiger partial charge in [-0.25, -0.2) is 0 Å². The summed E-state index contributed by atoms with van der Waals surface area (Å²) in [5.41, 5.74) is 8.70. The average Bonchev–Trinajstić information content (AvgIpc) is 2.92. The number of benzene rings is 2. The summed E-state index contributed by atoms with van der Waals surface area (Å²) in [4.78, 5) is 1.01. The van der Waals surface area contributed by atoms with Gasteiger partial charge in [-0.15, -0.1) is 5.10 Å². The summed E-state index contributed by atoms with van der Waals surface area (Å²) in [5, 5.41) is 12.5. The Morgan fingerprint density at radius 3 is 2.65 bits per heavy atom. The van der Waals surface area contributed by atoms with Crippen molar-refractivity contribution in [3.63, 3.8) is 0 Å². The standard InChI is InChI=1S/C14H13N5S/c1-10-7-8-12(9-13(10)15)20-14-16-17-18-19(14)11-5-3-2-4-6-11/h2-9H,15H2,1H3. The molecule has 0 amide bonds. The van der Waals surface area contributed by atoms with Gasteiger partial charge in [-0.3, -0.25) is 0 Å². The molecule has 20 heavy (non-hydrogen) atoms. The predicted molar refractivity (Wildman–Crippen MR) is 78.9 cm³/mol. The van der Waals surface area contributed by atoms with E-state index in [1.165, 1.54) is 11.8 Å². The Morgan fingerprint density at radius 1 is 1.10 bits per heavy atom. The van der Waals surface area contributed by atoms with Crippen molar-refractivity contribution in [2.45, 2.75) is 17.0 Å². The number of para-hydroxylation sites is 1. The van der Waals surface area contributed by atoms with E-state index in [9.17, 15) is 0 Å². The van der Waals surface area contributed by atoms with E-state index >= 15 is 0 Å². The summed E-state index contributed by atoms with van der Waals surface area (Å²) in [7, 11) is 0. The van der Waals surface area contributed by atoms with Gasteiger partial charge in [0.2, 0.25) is 5.16 Å². The number of rotatable bonds is 3. The quantitative estimate of drug-likeness (QED) is 0.748. The fourth-order valence-corrected chi connectivity index (χ4v) is 2.60. The van der Waals surface area contributed by atoms with Crippen molar-refractivity contribution >= 4 is 17.4 Å². The smallest absolute Gasteiger partial charge is 0.218 e. The molecule has 5 nitrogen and oxygen atoms in total. The third-order valence-corrected chi connectivity index (χ3v) is 3.83. The molecule has 100 valence electrons. The maximum atomic E-state index is 5.93. The summed E-state index contributed by atoms with van der Waals surface area (Å²) in [6.45, 7) is 1.98.